The van der Waals surface area contributed by atoms with Crippen LogP contribution in [0.25, 0.3) is 0 Å². The van der Waals surface area contributed by atoms with Gasteiger partial charge in [-0.25, -0.2) is 0 Å². The molecule has 5 heteroatoms. The molecule has 0 spiro atoms. The monoisotopic (exact) mass is 244 g/mol. The molecule has 0 aromatic rings. The molecule has 1 saturated heterocycles. The van der Waals surface area contributed by atoms with Crippen molar-refractivity contribution in [1.82, 2.24) is 9.80 Å². The molecule has 0 unspecified atom stereocenters. The van der Waals surface area contributed by atoms with E-state index in [1.807, 2.05) is 4.90 Å². The van der Waals surface area contributed by atoms with E-state index < -0.39 is 5.97 Å². The fourth-order valence-electron chi connectivity index (χ4n) is 1.90. The van der Waals surface area contributed by atoms with Gasteiger partial charge in [-0.05, 0) is 6.42 Å². The molecule has 1 aliphatic rings. The average molecular weight is 244 g/mol. The lowest BCUT2D eigenvalue weighted by Crippen LogP contribution is -2.48. The first-order valence-corrected chi connectivity index (χ1v) is 6.46. The van der Waals surface area contributed by atoms with E-state index in [0.717, 1.165) is 52.4 Å². The van der Waals surface area contributed by atoms with Crippen molar-refractivity contribution in [2.24, 2.45) is 0 Å². The van der Waals surface area contributed by atoms with Gasteiger partial charge in [-0.2, -0.15) is 0 Å². The molecular formula is C12H24N2O3. The second kappa shape index (κ2) is 8.44. The van der Waals surface area contributed by atoms with Gasteiger partial charge in [0.25, 0.3) is 0 Å². The van der Waals surface area contributed by atoms with E-state index in [-0.39, 0.29) is 6.54 Å². The Morgan fingerprint density at radius 3 is 2.41 bits per heavy atom. The van der Waals surface area contributed by atoms with Gasteiger partial charge in [-0.15, -0.1) is 0 Å². The molecule has 1 N–H and O–H groups in total. The molecule has 100 valence electrons. The van der Waals surface area contributed by atoms with Gasteiger partial charge in [0, 0.05) is 39.3 Å². The molecule has 0 aliphatic carbocycles. The number of nitrogens with zero attached hydrogens (tertiary/aromatic N) is 2. The molecule has 1 aliphatic heterocycles. The molecule has 5 nitrogen and oxygen atoms in total. The Hall–Kier alpha value is -0.650. The third-order valence-corrected chi connectivity index (χ3v) is 3.02. The molecule has 17 heavy (non-hydrogen) atoms. The molecule has 1 rings (SSSR count). The normalized spacial score (nSPS) is 18.4. The Morgan fingerprint density at radius 2 is 1.82 bits per heavy atom. The lowest BCUT2D eigenvalue weighted by Gasteiger charge is -2.33. The Morgan fingerprint density at radius 1 is 1.18 bits per heavy atom. The van der Waals surface area contributed by atoms with Crippen LogP contribution >= 0.6 is 0 Å². The molecule has 0 radical (unpaired) electrons. The van der Waals surface area contributed by atoms with Crippen molar-refractivity contribution >= 4 is 5.97 Å². The minimum Gasteiger partial charge on any atom is -0.480 e. The standard InChI is InChI=1S/C12H24N2O3/c1-2-3-9-17-10-8-13-4-6-14(7-5-13)11-12(15)16/h2-11H2,1H3,(H,15,16). The summed E-state index contributed by atoms with van der Waals surface area (Å²) in [5, 5.41) is 8.68. The third kappa shape index (κ3) is 6.61. The van der Waals surface area contributed by atoms with Gasteiger partial charge in [0.05, 0.1) is 13.2 Å². The predicted octanol–water partition coefficient (Wildman–Crippen LogP) is 0.505. The highest BCUT2D eigenvalue weighted by Crippen LogP contribution is 2.01. The lowest BCUT2D eigenvalue weighted by molar-refractivity contribution is -0.138. The molecule has 0 saturated carbocycles. The number of ether oxygens (including phenoxy) is 1. The number of hydrogen-bond acceptors (Lipinski definition) is 4. The average Bonchev–Trinajstić information content (AvgIpc) is 2.30. The number of hydrogen-bond donors (Lipinski definition) is 1. The van der Waals surface area contributed by atoms with Crippen LogP contribution in [-0.4, -0.2) is 73.4 Å². The van der Waals surface area contributed by atoms with E-state index >= 15 is 0 Å². The molecule has 0 amide bonds. The maximum atomic E-state index is 10.5. The second-order valence-corrected chi connectivity index (χ2v) is 4.48. The fraction of sp³-hybridized carbons (Fsp3) is 0.917. The molecular weight excluding hydrogens is 220 g/mol. The van der Waals surface area contributed by atoms with Gasteiger partial charge in [0.15, 0.2) is 0 Å². The van der Waals surface area contributed by atoms with Crippen LogP contribution in [0, 0.1) is 0 Å². The molecule has 1 fully saturated rings. The summed E-state index contributed by atoms with van der Waals surface area (Å²) in [5.74, 6) is -0.735. The largest absolute Gasteiger partial charge is 0.480 e. The van der Waals surface area contributed by atoms with Gasteiger partial charge in [0.2, 0.25) is 0 Å². The van der Waals surface area contributed by atoms with Crippen molar-refractivity contribution in [1.29, 1.82) is 0 Å². The highest BCUT2D eigenvalue weighted by Gasteiger charge is 2.17. The zero-order valence-electron chi connectivity index (χ0n) is 10.7. The number of unbranched alkanes of at least 4 members (excludes halogenated alkanes) is 1. The smallest absolute Gasteiger partial charge is 0.317 e. The van der Waals surface area contributed by atoms with Crippen molar-refractivity contribution in [2.45, 2.75) is 19.8 Å². The first kappa shape index (κ1) is 14.4. The Labute approximate surface area is 103 Å². The van der Waals surface area contributed by atoms with E-state index in [1.54, 1.807) is 0 Å². The van der Waals surface area contributed by atoms with E-state index in [0.29, 0.717) is 0 Å². The summed E-state index contributed by atoms with van der Waals surface area (Å²) in [6, 6.07) is 0. The maximum absolute atomic E-state index is 10.5. The number of piperazine rings is 1. The van der Waals surface area contributed by atoms with Crippen LogP contribution in [0.2, 0.25) is 0 Å². The van der Waals surface area contributed by atoms with Gasteiger partial charge in [-0.3, -0.25) is 14.6 Å². The molecule has 0 bridgehead atoms. The third-order valence-electron chi connectivity index (χ3n) is 3.02. The topological polar surface area (TPSA) is 53.0 Å². The number of carboxylic acid groups (broad SMARTS) is 1. The molecule has 0 aromatic carbocycles. The fourth-order valence-corrected chi connectivity index (χ4v) is 1.90. The number of rotatable bonds is 8. The van der Waals surface area contributed by atoms with E-state index in [4.69, 9.17) is 9.84 Å². The second-order valence-electron chi connectivity index (χ2n) is 4.48. The highest BCUT2D eigenvalue weighted by atomic mass is 16.5. The summed E-state index contributed by atoms with van der Waals surface area (Å²) in [6.07, 6.45) is 2.31. The summed E-state index contributed by atoms with van der Waals surface area (Å²) in [6.45, 7) is 8.53. The van der Waals surface area contributed by atoms with Crippen molar-refractivity contribution < 1.29 is 14.6 Å². The van der Waals surface area contributed by atoms with Crippen LogP contribution < -0.4 is 0 Å². The zero-order chi connectivity index (χ0) is 12.5. The summed E-state index contributed by atoms with van der Waals surface area (Å²) >= 11 is 0. The summed E-state index contributed by atoms with van der Waals surface area (Å²) < 4.78 is 5.52. The maximum Gasteiger partial charge on any atom is 0.317 e. The van der Waals surface area contributed by atoms with E-state index in [1.165, 1.54) is 6.42 Å². The number of carboxylic acids is 1. The van der Waals surface area contributed by atoms with Crippen LogP contribution in [0.1, 0.15) is 19.8 Å². The molecule has 1 heterocycles. The summed E-state index contributed by atoms with van der Waals surface area (Å²) in [7, 11) is 0. The van der Waals surface area contributed by atoms with Crippen LogP contribution in [0.4, 0.5) is 0 Å². The first-order valence-electron chi connectivity index (χ1n) is 6.46. The SMILES string of the molecule is CCCCOCCN1CCN(CC(=O)O)CC1. The van der Waals surface area contributed by atoms with E-state index in [9.17, 15) is 4.79 Å². The number of carbonyl (C=O) groups is 1. The molecule has 0 aromatic heterocycles. The van der Waals surface area contributed by atoms with E-state index in [2.05, 4.69) is 11.8 Å². The van der Waals surface area contributed by atoms with Gasteiger partial charge >= 0.3 is 5.97 Å². The Bertz CT molecular complexity index is 216. The first-order chi connectivity index (χ1) is 8.22. The van der Waals surface area contributed by atoms with Crippen LogP contribution in [0.5, 0.6) is 0 Å². The van der Waals surface area contributed by atoms with Crippen LogP contribution in [-0.2, 0) is 9.53 Å². The van der Waals surface area contributed by atoms with Crippen molar-refractivity contribution in [3.63, 3.8) is 0 Å². The minimum atomic E-state index is -0.735. The lowest BCUT2D eigenvalue weighted by atomic mass is 10.3. The Balaban J connectivity index is 2.01. The van der Waals surface area contributed by atoms with Gasteiger partial charge in [-0.1, -0.05) is 13.3 Å². The number of aliphatic carboxylic acids is 1. The van der Waals surface area contributed by atoms with Crippen molar-refractivity contribution in [3.05, 3.63) is 0 Å². The Kier molecular flexibility index (Phi) is 7.16. The zero-order valence-corrected chi connectivity index (χ0v) is 10.7. The minimum absolute atomic E-state index is 0.167. The summed E-state index contributed by atoms with van der Waals surface area (Å²) in [5.41, 5.74) is 0. The molecule has 0 atom stereocenters. The van der Waals surface area contributed by atoms with Crippen LogP contribution in [0.3, 0.4) is 0 Å². The predicted molar refractivity (Wildman–Crippen MR) is 66.2 cm³/mol. The van der Waals surface area contributed by atoms with Crippen molar-refractivity contribution in [3.8, 4) is 0 Å². The van der Waals surface area contributed by atoms with Crippen molar-refractivity contribution in [2.75, 3.05) is 52.5 Å². The summed E-state index contributed by atoms with van der Waals surface area (Å²) in [4.78, 5) is 14.9. The van der Waals surface area contributed by atoms with Crippen LogP contribution in [0.15, 0.2) is 0 Å². The quantitative estimate of drug-likeness (QED) is 0.630. The van der Waals surface area contributed by atoms with Gasteiger partial charge in [0.1, 0.15) is 0 Å². The van der Waals surface area contributed by atoms with Gasteiger partial charge < -0.3 is 9.84 Å². The highest BCUT2D eigenvalue weighted by molar-refractivity contribution is 5.69.